The normalized spacial score (nSPS) is 12.9. The van der Waals surface area contributed by atoms with Crippen LogP contribution in [0, 0.1) is 10.1 Å². The maximum absolute atomic E-state index is 12.6. The molecule has 0 bridgehead atoms. The molecule has 0 spiro atoms. The number of esters is 1. The molecule has 3 amide bonds. The molecular weight excluding hydrogens is 500 g/mol. The van der Waals surface area contributed by atoms with Crippen molar-refractivity contribution in [1.29, 1.82) is 0 Å². The van der Waals surface area contributed by atoms with Crippen molar-refractivity contribution in [2.45, 2.75) is 44.4 Å². The minimum Gasteiger partial charge on any atom is -0.466 e. The number of rotatable bonds is 14. The van der Waals surface area contributed by atoms with Crippen molar-refractivity contribution in [2.75, 3.05) is 13.2 Å². The molecule has 0 heterocycles. The Kier molecular flexibility index (Phi) is 11.6. The summed E-state index contributed by atoms with van der Waals surface area (Å²) >= 11 is 0. The Morgan fingerprint density at radius 1 is 1.03 bits per heavy atom. The number of carbonyl (C=O) groups is 4. The van der Waals surface area contributed by atoms with Crippen LogP contribution in [0.1, 0.15) is 36.8 Å². The first-order valence-electron chi connectivity index (χ1n) is 11.7. The average Bonchev–Trinajstić information content (AvgIpc) is 2.89. The topological polar surface area (TPSA) is 200 Å². The van der Waals surface area contributed by atoms with Gasteiger partial charge in [0.05, 0.1) is 30.5 Å². The number of amides is 3. The van der Waals surface area contributed by atoms with Gasteiger partial charge in [0.1, 0.15) is 12.6 Å². The quantitative estimate of drug-likeness (QED) is 0.158. The number of nitro benzene ring substituents is 1. The number of alkyl carbamates (subject to hydrolysis) is 1. The number of non-ortho nitro benzene ring substituents is 1. The van der Waals surface area contributed by atoms with E-state index < -0.39 is 53.3 Å². The molecule has 0 saturated carbocycles. The van der Waals surface area contributed by atoms with Gasteiger partial charge < -0.3 is 30.9 Å². The van der Waals surface area contributed by atoms with Crippen molar-refractivity contribution >= 4 is 29.6 Å². The summed E-state index contributed by atoms with van der Waals surface area (Å²) in [5.41, 5.74) is 6.40. The fourth-order valence-electron chi connectivity index (χ4n) is 3.53. The van der Waals surface area contributed by atoms with Gasteiger partial charge in [-0.3, -0.25) is 24.5 Å². The molecule has 2 aromatic carbocycles. The summed E-state index contributed by atoms with van der Waals surface area (Å²) in [6.45, 7) is 1.39. The van der Waals surface area contributed by atoms with E-state index in [0.717, 1.165) is 5.56 Å². The van der Waals surface area contributed by atoms with E-state index in [0.29, 0.717) is 5.56 Å². The number of hydrogen-bond acceptors (Lipinski definition) is 9. The number of carbonyl (C=O) groups excluding carboxylic acids is 4. The van der Waals surface area contributed by atoms with E-state index in [2.05, 4.69) is 10.6 Å². The van der Waals surface area contributed by atoms with Crippen LogP contribution in [0.2, 0.25) is 0 Å². The lowest BCUT2D eigenvalue weighted by Crippen LogP contribution is -2.49. The molecule has 5 N–H and O–H groups in total. The molecule has 13 heteroatoms. The van der Waals surface area contributed by atoms with Gasteiger partial charge in [-0.2, -0.15) is 0 Å². The van der Waals surface area contributed by atoms with Gasteiger partial charge in [0.15, 0.2) is 0 Å². The van der Waals surface area contributed by atoms with Gasteiger partial charge in [-0.05, 0) is 18.1 Å². The molecule has 0 saturated heterocycles. The summed E-state index contributed by atoms with van der Waals surface area (Å²) in [5.74, 6) is -3.42. The van der Waals surface area contributed by atoms with Gasteiger partial charge in [0.2, 0.25) is 11.8 Å². The lowest BCUT2D eigenvalue weighted by Gasteiger charge is -2.26. The molecule has 13 nitrogen and oxygen atoms in total. The molecule has 0 fully saturated rings. The van der Waals surface area contributed by atoms with Gasteiger partial charge in [0, 0.05) is 24.6 Å². The summed E-state index contributed by atoms with van der Waals surface area (Å²) in [5, 5.41) is 25.9. The van der Waals surface area contributed by atoms with Gasteiger partial charge in [-0.15, -0.1) is 0 Å². The number of primary amides is 1. The highest BCUT2D eigenvalue weighted by molar-refractivity contribution is 5.88. The van der Waals surface area contributed by atoms with Crippen LogP contribution in [0.15, 0.2) is 54.6 Å². The Morgan fingerprint density at radius 2 is 1.68 bits per heavy atom. The third-order valence-corrected chi connectivity index (χ3v) is 5.37. The Hall–Kier alpha value is -4.52. The van der Waals surface area contributed by atoms with Crippen LogP contribution < -0.4 is 16.4 Å². The van der Waals surface area contributed by atoms with Crippen molar-refractivity contribution in [3.05, 3.63) is 75.8 Å². The Labute approximate surface area is 218 Å². The fourth-order valence-corrected chi connectivity index (χ4v) is 3.53. The minimum absolute atomic E-state index is 0.0219. The van der Waals surface area contributed by atoms with Gasteiger partial charge >= 0.3 is 12.1 Å². The molecule has 0 aliphatic carbocycles. The zero-order valence-corrected chi connectivity index (χ0v) is 20.7. The number of hydrogen-bond donors (Lipinski definition) is 4. The number of ether oxygens (including phenoxy) is 2. The summed E-state index contributed by atoms with van der Waals surface area (Å²) in [7, 11) is 0. The number of aliphatic hydroxyl groups excluding tert-OH is 1. The molecule has 0 aliphatic heterocycles. The standard InChI is InChI=1S/C25H30N4O9/c1-2-37-22(32)13-20(17-8-10-18(11-9-17)29(35)36)23(24(26)33)28-21(31)12-19(30)14-27-25(34)38-15-16-6-4-3-5-7-16/h3-11,19-20,23,30H,2,12-15H2,1H3,(H2,26,33)(H,27,34)(H,28,31)/t19-,20-,23-/m0/s1. The predicted molar refractivity (Wildman–Crippen MR) is 133 cm³/mol. The van der Waals surface area contributed by atoms with E-state index in [4.69, 9.17) is 15.2 Å². The Bertz CT molecular complexity index is 1110. The van der Waals surface area contributed by atoms with Gasteiger partial charge in [-0.1, -0.05) is 42.5 Å². The van der Waals surface area contributed by atoms with Crippen LogP contribution in [-0.2, 0) is 30.5 Å². The van der Waals surface area contributed by atoms with E-state index >= 15 is 0 Å². The first kappa shape index (κ1) is 29.7. The lowest BCUT2D eigenvalue weighted by atomic mass is 9.87. The third-order valence-electron chi connectivity index (χ3n) is 5.37. The first-order valence-corrected chi connectivity index (χ1v) is 11.7. The van der Waals surface area contributed by atoms with Crippen molar-refractivity contribution in [3.63, 3.8) is 0 Å². The SMILES string of the molecule is CCOC(=O)C[C@@H](c1ccc([N+](=O)[O-])cc1)[C@H](NC(=O)C[C@H](O)CNC(=O)OCc1ccccc1)C(N)=O. The number of nitro groups is 1. The molecular formula is C25H30N4O9. The Balaban J connectivity index is 2.00. The number of benzene rings is 2. The van der Waals surface area contributed by atoms with Crippen molar-refractivity contribution < 1.29 is 38.7 Å². The second-order valence-corrected chi connectivity index (χ2v) is 8.21. The number of aliphatic hydroxyl groups is 1. The van der Waals surface area contributed by atoms with Crippen molar-refractivity contribution in [1.82, 2.24) is 10.6 Å². The van der Waals surface area contributed by atoms with E-state index in [1.54, 1.807) is 31.2 Å². The third kappa shape index (κ3) is 9.85. The van der Waals surface area contributed by atoms with Crippen LogP contribution in [0.25, 0.3) is 0 Å². The minimum atomic E-state index is -1.40. The fraction of sp³-hybridized carbons (Fsp3) is 0.360. The van der Waals surface area contributed by atoms with Crippen LogP contribution >= 0.6 is 0 Å². The molecule has 2 rings (SSSR count). The van der Waals surface area contributed by atoms with Gasteiger partial charge in [0.25, 0.3) is 5.69 Å². The molecule has 0 radical (unpaired) electrons. The van der Waals surface area contributed by atoms with Crippen LogP contribution in [0.4, 0.5) is 10.5 Å². The second kappa shape index (κ2) is 14.9. The highest BCUT2D eigenvalue weighted by Gasteiger charge is 2.32. The highest BCUT2D eigenvalue weighted by atomic mass is 16.6. The van der Waals surface area contributed by atoms with E-state index in [9.17, 15) is 34.4 Å². The average molecular weight is 531 g/mol. The summed E-state index contributed by atoms with van der Waals surface area (Å²) in [6.07, 6.45) is -2.97. The maximum atomic E-state index is 12.6. The van der Waals surface area contributed by atoms with Crippen LogP contribution in [-0.4, -0.2) is 59.2 Å². The molecule has 3 atom stereocenters. The molecule has 0 unspecified atom stereocenters. The number of nitrogens with one attached hydrogen (secondary N) is 2. The molecule has 0 aliphatic rings. The Morgan fingerprint density at radius 3 is 2.26 bits per heavy atom. The summed E-state index contributed by atoms with van der Waals surface area (Å²) in [4.78, 5) is 59.3. The molecule has 204 valence electrons. The van der Waals surface area contributed by atoms with Crippen LogP contribution in [0.3, 0.4) is 0 Å². The second-order valence-electron chi connectivity index (χ2n) is 8.21. The highest BCUT2D eigenvalue weighted by Crippen LogP contribution is 2.26. The van der Waals surface area contributed by atoms with Crippen molar-refractivity contribution in [3.8, 4) is 0 Å². The molecule has 2 aromatic rings. The van der Waals surface area contributed by atoms with Crippen LogP contribution in [0.5, 0.6) is 0 Å². The summed E-state index contributed by atoms with van der Waals surface area (Å²) < 4.78 is 9.98. The van der Waals surface area contributed by atoms with Crippen molar-refractivity contribution in [2.24, 2.45) is 5.73 Å². The summed E-state index contributed by atoms with van der Waals surface area (Å²) in [6, 6.07) is 12.6. The first-order chi connectivity index (χ1) is 18.1. The van der Waals surface area contributed by atoms with E-state index in [1.807, 2.05) is 6.07 Å². The number of nitrogens with zero attached hydrogens (tertiary/aromatic N) is 1. The largest absolute Gasteiger partial charge is 0.466 e. The number of nitrogens with two attached hydrogens (primary N) is 1. The monoisotopic (exact) mass is 530 g/mol. The lowest BCUT2D eigenvalue weighted by molar-refractivity contribution is -0.384. The zero-order valence-electron chi connectivity index (χ0n) is 20.7. The molecule has 38 heavy (non-hydrogen) atoms. The van der Waals surface area contributed by atoms with E-state index in [1.165, 1.54) is 24.3 Å². The predicted octanol–water partition coefficient (Wildman–Crippen LogP) is 1.28. The smallest absolute Gasteiger partial charge is 0.407 e. The van der Waals surface area contributed by atoms with Gasteiger partial charge in [-0.25, -0.2) is 4.79 Å². The maximum Gasteiger partial charge on any atom is 0.407 e. The van der Waals surface area contributed by atoms with E-state index in [-0.39, 0.29) is 31.9 Å². The zero-order chi connectivity index (χ0) is 28.1. The molecule has 0 aromatic heterocycles.